The van der Waals surface area contributed by atoms with Gasteiger partial charge in [0.25, 0.3) is 0 Å². The third-order valence-corrected chi connectivity index (χ3v) is 5.26. The Morgan fingerprint density at radius 3 is 2.41 bits per heavy atom. The normalized spacial score (nSPS) is 10.7. The van der Waals surface area contributed by atoms with Gasteiger partial charge in [-0.1, -0.05) is 68.4 Å². The maximum Gasteiger partial charge on any atom is 0.227 e. The molecular weight excluding hydrogens is 382 g/mol. The third kappa shape index (κ3) is 6.26. The van der Waals surface area contributed by atoms with Crippen LogP contribution in [-0.4, -0.2) is 23.3 Å². The summed E-state index contributed by atoms with van der Waals surface area (Å²) in [6.07, 6.45) is 0.520. The summed E-state index contributed by atoms with van der Waals surface area (Å²) in [6.45, 7) is 4.62. The lowest BCUT2D eigenvalue weighted by atomic mass is 10.0. The molecule has 5 nitrogen and oxygen atoms in total. The topological polar surface area (TPSA) is 71.1 Å². The molecule has 1 heterocycles. The van der Waals surface area contributed by atoms with Crippen LogP contribution in [0.25, 0.3) is 11.3 Å². The molecule has 2 N–H and O–H groups in total. The van der Waals surface area contributed by atoms with Gasteiger partial charge in [0.2, 0.25) is 11.8 Å². The molecule has 0 aliphatic heterocycles. The Hall–Kier alpha value is -2.99. The highest BCUT2D eigenvalue weighted by molar-refractivity contribution is 7.14. The van der Waals surface area contributed by atoms with Crippen LogP contribution in [0, 0.1) is 0 Å². The van der Waals surface area contributed by atoms with E-state index in [1.165, 1.54) is 16.9 Å². The number of benzene rings is 2. The number of hydrogen-bond donors (Lipinski definition) is 2. The summed E-state index contributed by atoms with van der Waals surface area (Å²) in [6, 6.07) is 17.8. The number of anilines is 1. The summed E-state index contributed by atoms with van der Waals surface area (Å²) in [5.74, 6) is 0.231. The minimum Gasteiger partial charge on any atom is -0.355 e. The van der Waals surface area contributed by atoms with Gasteiger partial charge in [0.05, 0.1) is 12.1 Å². The van der Waals surface area contributed by atoms with E-state index in [1.807, 2.05) is 35.7 Å². The number of rotatable bonds is 8. The van der Waals surface area contributed by atoms with Crippen molar-refractivity contribution in [3.63, 3.8) is 0 Å². The molecular formula is C23H25N3O2S. The number of hydrogen-bond acceptors (Lipinski definition) is 4. The molecule has 3 rings (SSSR count). The molecule has 0 saturated carbocycles. The van der Waals surface area contributed by atoms with Crippen molar-refractivity contribution in [2.45, 2.75) is 32.6 Å². The first kappa shape index (κ1) is 20.7. The molecule has 0 bridgehead atoms. The SMILES string of the molecule is CC(C)c1ccc(-c2csc(NC(=O)CCNC(=O)Cc3ccccc3)n2)cc1. The zero-order chi connectivity index (χ0) is 20.6. The van der Waals surface area contributed by atoms with E-state index in [-0.39, 0.29) is 18.2 Å². The zero-order valence-electron chi connectivity index (χ0n) is 16.6. The van der Waals surface area contributed by atoms with E-state index in [0.717, 1.165) is 16.8 Å². The summed E-state index contributed by atoms with van der Waals surface area (Å²) < 4.78 is 0. The van der Waals surface area contributed by atoms with Crippen LogP contribution < -0.4 is 10.6 Å². The van der Waals surface area contributed by atoms with Gasteiger partial charge in [0.15, 0.2) is 5.13 Å². The number of amides is 2. The molecule has 150 valence electrons. The highest BCUT2D eigenvalue weighted by Gasteiger charge is 2.10. The van der Waals surface area contributed by atoms with E-state index < -0.39 is 0 Å². The molecule has 0 saturated heterocycles. The molecule has 2 aromatic carbocycles. The van der Waals surface area contributed by atoms with Crippen molar-refractivity contribution < 1.29 is 9.59 Å². The molecule has 0 aliphatic rings. The van der Waals surface area contributed by atoms with Crippen molar-refractivity contribution in [3.8, 4) is 11.3 Å². The lowest BCUT2D eigenvalue weighted by molar-refractivity contribution is -0.120. The van der Waals surface area contributed by atoms with Crippen molar-refractivity contribution in [2.24, 2.45) is 0 Å². The first-order chi connectivity index (χ1) is 14.0. The lowest BCUT2D eigenvalue weighted by Gasteiger charge is -2.06. The second kappa shape index (κ2) is 9.98. The molecule has 2 amide bonds. The fourth-order valence-corrected chi connectivity index (χ4v) is 3.58. The van der Waals surface area contributed by atoms with Crippen molar-refractivity contribution in [1.82, 2.24) is 10.3 Å². The summed E-state index contributed by atoms with van der Waals surface area (Å²) in [7, 11) is 0. The van der Waals surface area contributed by atoms with Crippen LogP contribution in [0.4, 0.5) is 5.13 Å². The summed E-state index contributed by atoms with van der Waals surface area (Å²) in [5.41, 5.74) is 4.11. The number of thiazole rings is 1. The lowest BCUT2D eigenvalue weighted by Crippen LogP contribution is -2.28. The molecule has 0 radical (unpaired) electrons. The van der Waals surface area contributed by atoms with Crippen molar-refractivity contribution in [2.75, 3.05) is 11.9 Å². The van der Waals surface area contributed by atoms with Crippen molar-refractivity contribution >= 4 is 28.3 Å². The first-order valence-corrected chi connectivity index (χ1v) is 10.6. The van der Waals surface area contributed by atoms with Crippen LogP contribution in [0.15, 0.2) is 60.0 Å². The fraction of sp³-hybridized carbons (Fsp3) is 0.261. The van der Waals surface area contributed by atoms with Gasteiger partial charge in [-0.25, -0.2) is 4.98 Å². The van der Waals surface area contributed by atoms with Crippen LogP contribution in [0.5, 0.6) is 0 Å². The van der Waals surface area contributed by atoms with Gasteiger partial charge in [-0.3, -0.25) is 9.59 Å². The summed E-state index contributed by atoms with van der Waals surface area (Å²) in [4.78, 5) is 28.5. The second-order valence-electron chi connectivity index (χ2n) is 7.13. The number of carbonyl (C=O) groups is 2. The smallest absolute Gasteiger partial charge is 0.227 e. The zero-order valence-corrected chi connectivity index (χ0v) is 17.5. The standard InChI is InChI=1S/C23H25N3O2S/c1-16(2)18-8-10-19(11-9-18)20-15-29-23(25-20)26-21(27)12-13-24-22(28)14-17-6-4-3-5-7-17/h3-11,15-16H,12-14H2,1-2H3,(H,24,28)(H,25,26,27). The molecule has 0 unspecified atom stereocenters. The molecule has 0 spiro atoms. The van der Waals surface area contributed by atoms with Gasteiger partial charge >= 0.3 is 0 Å². The Bertz CT molecular complexity index is 950. The van der Waals surface area contributed by atoms with Gasteiger partial charge in [0, 0.05) is 23.9 Å². The van der Waals surface area contributed by atoms with Gasteiger partial charge in [0.1, 0.15) is 0 Å². The highest BCUT2D eigenvalue weighted by atomic mass is 32.1. The average Bonchev–Trinajstić information content (AvgIpc) is 3.17. The first-order valence-electron chi connectivity index (χ1n) is 9.67. The van der Waals surface area contributed by atoms with E-state index in [4.69, 9.17) is 0 Å². The van der Waals surface area contributed by atoms with Crippen LogP contribution in [-0.2, 0) is 16.0 Å². The number of carbonyl (C=O) groups excluding carboxylic acids is 2. The summed E-state index contributed by atoms with van der Waals surface area (Å²) in [5, 5.41) is 8.07. The van der Waals surface area contributed by atoms with E-state index >= 15 is 0 Å². The number of nitrogens with one attached hydrogen (secondary N) is 2. The van der Waals surface area contributed by atoms with Crippen molar-refractivity contribution in [3.05, 3.63) is 71.1 Å². The molecule has 0 atom stereocenters. The second-order valence-corrected chi connectivity index (χ2v) is 7.98. The fourth-order valence-electron chi connectivity index (χ4n) is 2.84. The van der Waals surface area contributed by atoms with E-state index in [9.17, 15) is 9.59 Å². The van der Waals surface area contributed by atoms with Gasteiger partial charge in [-0.05, 0) is 17.0 Å². The minimum atomic E-state index is -0.166. The number of nitrogens with zero attached hydrogens (tertiary/aromatic N) is 1. The predicted octanol–water partition coefficient (Wildman–Crippen LogP) is 4.62. The van der Waals surface area contributed by atoms with Gasteiger partial charge in [-0.15, -0.1) is 11.3 Å². The van der Waals surface area contributed by atoms with E-state index in [0.29, 0.717) is 24.0 Å². The highest BCUT2D eigenvalue weighted by Crippen LogP contribution is 2.26. The quantitative estimate of drug-likeness (QED) is 0.572. The van der Waals surface area contributed by atoms with Crippen LogP contribution in [0.3, 0.4) is 0 Å². The molecule has 0 aliphatic carbocycles. The van der Waals surface area contributed by atoms with E-state index in [1.54, 1.807) is 0 Å². The average molecular weight is 408 g/mol. The minimum absolute atomic E-state index is 0.0922. The third-order valence-electron chi connectivity index (χ3n) is 4.51. The Morgan fingerprint density at radius 2 is 1.72 bits per heavy atom. The molecule has 3 aromatic rings. The van der Waals surface area contributed by atoms with Crippen LogP contribution in [0.1, 0.15) is 37.3 Å². The van der Waals surface area contributed by atoms with Crippen molar-refractivity contribution in [1.29, 1.82) is 0 Å². The van der Waals surface area contributed by atoms with Crippen LogP contribution in [0.2, 0.25) is 0 Å². The molecule has 29 heavy (non-hydrogen) atoms. The summed E-state index contributed by atoms with van der Waals surface area (Å²) >= 11 is 1.39. The monoisotopic (exact) mass is 407 g/mol. The largest absolute Gasteiger partial charge is 0.355 e. The molecule has 6 heteroatoms. The maximum atomic E-state index is 12.1. The molecule has 0 fully saturated rings. The van der Waals surface area contributed by atoms with Crippen LogP contribution >= 0.6 is 11.3 Å². The Morgan fingerprint density at radius 1 is 1.00 bits per heavy atom. The van der Waals surface area contributed by atoms with Gasteiger partial charge in [-0.2, -0.15) is 0 Å². The van der Waals surface area contributed by atoms with E-state index in [2.05, 4.69) is 53.7 Å². The molecule has 1 aromatic heterocycles. The predicted molar refractivity (Wildman–Crippen MR) is 118 cm³/mol. The van der Waals surface area contributed by atoms with Gasteiger partial charge < -0.3 is 10.6 Å². The number of aromatic nitrogens is 1. The Labute approximate surface area is 175 Å². The Balaban J connectivity index is 1.44. The maximum absolute atomic E-state index is 12.1. The Kier molecular flexibility index (Phi) is 7.14.